The summed E-state index contributed by atoms with van der Waals surface area (Å²) in [5.74, 6) is -1.11. The molecule has 7 fully saturated rings. The fourth-order valence-electron chi connectivity index (χ4n) is 15.4. The van der Waals surface area contributed by atoms with E-state index in [9.17, 15) is 61.0 Å². The fourth-order valence-corrected chi connectivity index (χ4v) is 15.4. The van der Waals surface area contributed by atoms with Gasteiger partial charge in [-0.2, -0.15) is 0 Å². The number of aliphatic hydroxyl groups is 11. The van der Waals surface area contributed by atoms with Gasteiger partial charge in [0.25, 0.3) is 0 Å². The van der Waals surface area contributed by atoms with Gasteiger partial charge in [-0.1, -0.05) is 60.1 Å². The van der Waals surface area contributed by atoms with Crippen molar-refractivity contribution in [3.05, 3.63) is 11.6 Å². The molecule has 19 unspecified atom stereocenters. The summed E-state index contributed by atoms with van der Waals surface area (Å²) in [4.78, 5) is 14.4. The van der Waals surface area contributed by atoms with E-state index in [1.54, 1.807) is 13.8 Å². The molecule has 8 aliphatic rings. The molecule has 8 rings (SSSR count). The van der Waals surface area contributed by atoms with Crippen LogP contribution in [-0.4, -0.2) is 174 Å². The van der Waals surface area contributed by atoms with E-state index in [-0.39, 0.29) is 59.4 Å². The Morgan fingerprint density at radius 1 is 0.742 bits per heavy atom. The summed E-state index contributed by atoms with van der Waals surface area (Å²) in [6.45, 7) is 13.1. The summed E-state index contributed by atoms with van der Waals surface area (Å²) in [5.41, 5.74) is 0.159. The van der Waals surface area contributed by atoms with Gasteiger partial charge in [0.1, 0.15) is 48.8 Å². The van der Waals surface area contributed by atoms with Crippen molar-refractivity contribution >= 4 is 5.97 Å². The van der Waals surface area contributed by atoms with Crippen molar-refractivity contribution in [3.8, 4) is 0 Å². The van der Waals surface area contributed by atoms with Crippen LogP contribution < -0.4 is 0 Å². The standard InChI is InChI=1S/C49H80O17/c1-20-14-25(24-12-13-47(5)26-10-11-33-48(6,16-29(52)43(60)49(33,7)19-51)27(26)8-9-28(47)34(24)22(20)3)44(61)66-46-41(59)40(58)38(56)32(65-46)18-62-45-36(54)23(4)42(31(17-50)64-45)63-30-15-21(2)35(53)39(57)37(30)55/h9,20-27,29-43,45-46,50-60H,8,10-19H2,1-7H3/t20?,21?,22?,23-,24?,25?,26?,27?,29?,30-,31?,32?,33?,34?,35?,36-,37+,38?,39-,40+,41-,42?,43?,45+,46-,47?,48?,49?/m0/s1. The highest BCUT2D eigenvalue weighted by atomic mass is 16.7. The van der Waals surface area contributed by atoms with Gasteiger partial charge in [0.15, 0.2) is 6.29 Å². The van der Waals surface area contributed by atoms with Crippen LogP contribution in [0.2, 0.25) is 0 Å². The Labute approximate surface area is 388 Å². The molecule has 2 heterocycles. The smallest absolute Gasteiger partial charge is 0.311 e. The molecule has 0 radical (unpaired) electrons. The van der Waals surface area contributed by atoms with Crippen LogP contribution in [0.1, 0.15) is 99.8 Å². The molecule has 6 aliphatic carbocycles. The molecule has 11 N–H and O–H groups in total. The van der Waals surface area contributed by atoms with E-state index >= 15 is 0 Å². The normalized spacial score (nSPS) is 56.2. The highest BCUT2D eigenvalue weighted by Gasteiger charge is 2.66. The predicted octanol–water partition coefficient (Wildman–Crippen LogP) is 0.372. The van der Waals surface area contributed by atoms with Crippen LogP contribution in [-0.2, 0) is 28.5 Å². The summed E-state index contributed by atoms with van der Waals surface area (Å²) in [6, 6.07) is 0. The minimum absolute atomic E-state index is 0.0492. The molecule has 0 aromatic carbocycles. The number of carbonyl (C=O) groups is 1. The number of aliphatic hydroxyl groups excluding tert-OH is 11. The molecule has 0 bridgehead atoms. The van der Waals surface area contributed by atoms with E-state index in [0.29, 0.717) is 18.8 Å². The van der Waals surface area contributed by atoms with Crippen molar-refractivity contribution in [1.29, 1.82) is 0 Å². The van der Waals surface area contributed by atoms with E-state index in [1.165, 1.54) is 5.57 Å². The van der Waals surface area contributed by atoms with Crippen molar-refractivity contribution in [2.75, 3.05) is 19.8 Å². The molecule has 2 aliphatic heterocycles. The highest BCUT2D eigenvalue weighted by Crippen LogP contribution is 2.70. The van der Waals surface area contributed by atoms with Crippen LogP contribution in [0.15, 0.2) is 11.6 Å². The summed E-state index contributed by atoms with van der Waals surface area (Å²) in [7, 11) is 0. The van der Waals surface area contributed by atoms with Crippen molar-refractivity contribution in [1.82, 2.24) is 0 Å². The Balaban J connectivity index is 0.933. The third kappa shape index (κ3) is 8.26. The first-order valence-electron chi connectivity index (χ1n) is 24.9. The Morgan fingerprint density at radius 3 is 2.11 bits per heavy atom. The maximum Gasteiger partial charge on any atom is 0.311 e. The number of carbonyl (C=O) groups excluding carboxylic acids is 1. The highest BCUT2D eigenvalue weighted by molar-refractivity contribution is 5.73. The lowest BCUT2D eigenvalue weighted by Crippen LogP contribution is -2.65. The largest absolute Gasteiger partial charge is 0.432 e. The summed E-state index contributed by atoms with van der Waals surface area (Å²) in [5, 5.41) is 119. The van der Waals surface area contributed by atoms with Gasteiger partial charge < -0.3 is 79.9 Å². The second-order valence-corrected chi connectivity index (χ2v) is 23.1. The molecular formula is C49H80O17. The zero-order chi connectivity index (χ0) is 48.1. The maximum atomic E-state index is 14.4. The zero-order valence-corrected chi connectivity index (χ0v) is 39.7. The SMILES string of the molecule is CC1CC(C(=O)O[C@@H]2OC(CO[C@@H]3OC(CO)C(O[C@H]4CC(C)C(O)[C@H](O)[C@@H]4O)[C@@H](C)[C@@H]3O)C(O)[C@@H](O)[C@@H]2O)C2CCC3(C)C(=CCC4C3CCC3C(C)(CO)C(O)C(O)CC43C)C2C1C. The summed E-state index contributed by atoms with van der Waals surface area (Å²) in [6.07, 6.45) is -11.9. The van der Waals surface area contributed by atoms with Crippen LogP contribution in [0.3, 0.4) is 0 Å². The molecule has 378 valence electrons. The van der Waals surface area contributed by atoms with E-state index in [1.807, 2.05) is 6.92 Å². The first-order valence-corrected chi connectivity index (χ1v) is 24.9. The van der Waals surface area contributed by atoms with E-state index in [0.717, 1.165) is 32.1 Å². The minimum atomic E-state index is -1.78. The number of allylic oxidation sites excluding steroid dienone is 2. The van der Waals surface area contributed by atoms with Gasteiger partial charge in [-0.3, -0.25) is 4.79 Å². The molecule has 0 spiro atoms. The summed E-state index contributed by atoms with van der Waals surface area (Å²) >= 11 is 0. The number of ether oxygens (including phenoxy) is 5. The molecule has 17 heteroatoms. The summed E-state index contributed by atoms with van der Waals surface area (Å²) < 4.78 is 29.9. The molecule has 0 aromatic rings. The molecule has 28 atom stereocenters. The first-order chi connectivity index (χ1) is 31.0. The van der Waals surface area contributed by atoms with Crippen molar-refractivity contribution in [2.24, 2.45) is 75.4 Å². The van der Waals surface area contributed by atoms with Gasteiger partial charge in [0.2, 0.25) is 6.29 Å². The van der Waals surface area contributed by atoms with Gasteiger partial charge in [0.05, 0.1) is 56.3 Å². The molecule has 0 aromatic heterocycles. The minimum Gasteiger partial charge on any atom is -0.432 e. The lowest BCUT2D eigenvalue weighted by atomic mass is 9.38. The average molecular weight is 941 g/mol. The first kappa shape index (κ1) is 51.0. The predicted molar refractivity (Wildman–Crippen MR) is 233 cm³/mol. The Kier molecular flexibility index (Phi) is 14.7. The zero-order valence-electron chi connectivity index (χ0n) is 39.7. The van der Waals surface area contributed by atoms with Crippen LogP contribution >= 0.6 is 0 Å². The molecule has 5 saturated carbocycles. The molecule has 2 saturated heterocycles. The van der Waals surface area contributed by atoms with Crippen LogP contribution in [0.4, 0.5) is 0 Å². The molecular weight excluding hydrogens is 861 g/mol. The second kappa shape index (κ2) is 19.0. The Bertz CT molecular complexity index is 1750. The van der Waals surface area contributed by atoms with Gasteiger partial charge in [0, 0.05) is 11.3 Å². The van der Waals surface area contributed by atoms with E-state index in [2.05, 4.69) is 33.8 Å². The van der Waals surface area contributed by atoms with Gasteiger partial charge >= 0.3 is 5.97 Å². The lowest BCUT2D eigenvalue weighted by Gasteiger charge is -2.67. The molecule has 66 heavy (non-hydrogen) atoms. The molecule has 17 nitrogen and oxygen atoms in total. The maximum absolute atomic E-state index is 14.4. The van der Waals surface area contributed by atoms with Gasteiger partial charge in [-0.15, -0.1) is 0 Å². The fraction of sp³-hybridized carbons (Fsp3) is 0.939. The Morgan fingerprint density at radius 2 is 1.42 bits per heavy atom. The number of hydrogen-bond acceptors (Lipinski definition) is 17. The van der Waals surface area contributed by atoms with Gasteiger partial charge in [-0.05, 0) is 110 Å². The Hall–Kier alpha value is -1.39. The second-order valence-electron chi connectivity index (χ2n) is 23.1. The molecule has 0 amide bonds. The van der Waals surface area contributed by atoms with Gasteiger partial charge in [-0.25, -0.2) is 0 Å². The monoisotopic (exact) mass is 941 g/mol. The average Bonchev–Trinajstić information content (AvgIpc) is 3.29. The van der Waals surface area contributed by atoms with E-state index in [4.69, 9.17) is 23.7 Å². The van der Waals surface area contributed by atoms with Crippen molar-refractivity contribution < 1.29 is 84.7 Å². The van der Waals surface area contributed by atoms with Crippen molar-refractivity contribution in [3.63, 3.8) is 0 Å². The number of fused-ring (bicyclic) bond motifs is 7. The number of rotatable bonds is 9. The quantitative estimate of drug-likeness (QED) is 0.110. The van der Waals surface area contributed by atoms with Crippen LogP contribution in [0.5, 0.6) is 0 Å². The number of esters is 1. The third-order valence-electron chi connectivity index (χ3n) is 19.6. The number of hydrogen-bond donors (Lipinski definition) is 11. The van der Waals surface area contributed by atoms with E-state index < -0.39 is 134 Å². The topological polar surface area (TPSA) is 286 Å². The van der Waals surface area contributed by atoms with Crippen molar-refractivity contribution in [2.45, 2.75) is 192 Å². The van der Waals surface area contributed by atoms with Crippen LogP contribution in [0, 0.1) is 75.4 Å². The van der Waals surface area contributed by atoms with Crippen LogP contribution in [0.25, 0.3) is 0 Å². The third-order valence-corrected chi connectivity index (χ3v) is 19.6. The lowest BCUT2D eigenvalue weighted by molar-refractivity contribution is -0.330.